The van der Waals surface area contributed by atoms with Gasteiger partial charge in [-0.3, -0.25) is 0 Å². The van der Waals surface area contributed by atoms with E-state index in [9.17, 15) is 13.6 Å². The Morgan fingerprint density at radius 1 is 1.67 bits per heavy atom. The molecule has 0 radical (unpaired) electrons. The number of aromatic carboxylic acids is 1. The van der Waals surface area contributed by atoms with Gasteiger partial charge >= 0.3 is 5.97 Å². The van der Waals surface area contributed by atoms with Crippen molar-refractivity contribution < 1.29 is 18.7 Å². The first-order valence-corrected chi connectivity index (χ1v) is 5.35. The largest absolute Gasteiger partial charge is 0.478 e. The van der Waals surface area contributed by atoms with Crippen molar-refractivity contribution >= 4 is 40.2 Å². The summed E-state index contributed by atoms with van der Waals surface area (Å²) in [6.45, 7) is 0. The number of pyridine rings is 1. The zero-order valence-electron chi connectivity index (χ0n) is 7.18. The van der Waals surface area contributed by atoms with Crippen molar-refractivity contribution in [2.75, 3.05) is 0 Å². The average molecular weight is 347 g/mol. The van der Waals surface area contributed by atoms with Crippen molar-refractivity contribution in [1.82, 2.24) is 4.98 Å². The SMILES string of the molecule is O=C(O)c1cc(I)nc(C(F)F)c1CCl. The molecular formula is C8H5ClF2INO2. The number of hydrogen-bond donors (Lipinski definition) is 1. The average Bonchev–Trinajstić information content (AvgIpc) is 2.16. The number of aromatic nitrogens is 1. The fourth-order valence-electron chi connectivity index (χ4n) is 1.07. The Hall–Kier alpha value is -0.500. The molecule has 0 unspecified atom stereocenters. The maximum Gasteiger partial charge on any atom is 0.336 e. The highest BCUT2D eigenvalue weighted by molar-refractivity contribution is 14.1. The summed E-state index contributed by atoms with van der Waals surface area (Å²) in [6, 6.07) is 1.21. The van der Waals surface area contributed by atoms with Gasteiger partial charge in [0, 0.05) is 5.56 Å². The van der Waals surface area contributed by atoms with Crippen LogP contribution in [0.3, 0.4) is 0 Å². The van der Waals surface area contributed by atoms with E-state index < -0.39 is 18.1 Å². The summed E-state index contributed by atoms with van der Waals surface area (Å²) in [5, 5.41) is 8.79. The molecule has 0 atom stereocenters. The number of carboxylic acids is 1. The van der Waals surface area contributed by atoms with Gasteiger partial charge in [-0.05, 0) is 28.7 Å². The minimum atomic E-state index is -2.83. The summed E-state index contributed by atoms with van der Waals surface area (Å²) in [4.78, 5) is 14.3. The second-order valence-corrected chi connectivity index (χ2v) is 3.97. The van der Waals surface area contributed by atoms with Crippen LogP contribution in [0, 0.1) is 3.70 Å². The van der Waals surface area contributed by atoms with Gasteiger partial charge in [0.1, 0.15) is 9.39 Å². The molecule has 1 rings (SSSR count). The molecule has 0 aliphatic heterocycles. The molecule has 3 nitrogen and oxygen atoms in total. The van der Waals surface area contributed by atoms with E-state index in [1.165, 1.54) is 6.07 Å². The second kappa shape index (κ2) is 5.02. The normalized spacial score (nSPS) is 10.7. The maximum absolute atomic E-state index is 12.5. The lowest BCUT2D eigenvalue weighted by molar-refractivity contribution is 0.0695. The van der Waals surface area contributed by atoms with Gasteiger partial charge in [-0.2, -0.15) is 0 Å². The molecule has 0 spiro atoms. The summed E-state index contributed by atoms with van der Waals surface area (Å²) in [5.41, 5.74) is -0.909. The third-order valence-electron chi connectivity index (χ3n) is 1.70. The molecule has 15 heavy (non-hydrogen) atoms. The summed E-state index contributed by atoms with van der Waals surface area (Å²) < 4.78 is 25.2. The van der Waals surface area contributed by atoms with Crippen molar-refractivity contribution in [2.45, 2.75) is 12.3 Å². The molecular weight excluding hydrogens is 342 g/mol. The maximum atomic E-state index is 12.5. The number of halogens is 4. The predicted molar refractivity (Wildman–Crippen MR) is 58.4 cm³/mol. The number of nitrogens with zero attached hydrogens (tertiary/aromatic N) is 1. The topological polar surface area (TPSA) is 50.2 Å². The minimum Gasteiger partial charge on any atom is -0.478 e. The number of carboxylic acid groups (broad SMARTS) is 1. The first-order chi connectivity index (χ1) is 6.97. The molecule has 1 N–H and O–H groups in total. The van der Waals surface area contributed by atoms with Crippen LogP contribution in [-0.4, -0.2) is 16.1 Å². The molecule has 0 aliphatic rings. The second-order valence-electron chi connectivity index (χ2n) is 2.60. The summed E-state index contributed by atoms with van der Waals surface area (Å²) in [6.07, 6.45) is -2.83. The van der Waals surface area contributed by atoms with Crippen molar-refractivity contribution in [2.24, 2.45) is 0 Å². The van der Waals surface area contributed by atoms with Gasteiger partial charge in [-0.1, -0.05) is 0 Å². The Balaban J connectivity index is 3.45. The van der Waals surface area contributed by atoms with E-state index in [0.29, 0.717) is 0 Å². The highest BCUT2D eigenvalue weighted by Crippen LogP contribution is 2.26. The molecule has 1 aromatic rings. The number of rotatable bonds is 3. The van der Waals surface area contributed by atoms with E-state index in [-0.39, 0.29) is 20.7 Å². The predicted octanol–water partition coefficient (Wildman–Crippen LogP) is 3.06. The van der Waals surface area contributed by atoms with Gasteiger partial charge in [0.05, 0.1) is 11.4 Å². The molecule has 0 amide bonds. The first-order valence-electron chi connectivity index (χ1n) is 3.74. The number of alkyl halides is 3. The summed E-state index contributed by atoms with van der Waals surface area (Å²) in [7, 11) is 0. The van der Waals surface area contributed by atoms with Crippen LogP contribution in [0.25, 0.3) is 0 Å². The number of carbonyl (C=O) groups is 1. The van der Waals surface area contributed by atoms with Crippen LogP contribution in [-0.2, 0) is 5.88 Å². The molecule has 0 aromatic carbocycles. The zero-order valence-corrected chi connectivity index (χ0v) is 10.1. The third-order valence-corrected chi connectivity index (χ3v) is 2.52. The van der Waals surface area contributed by atoms with E-state index in [0.717, 1.165) is 0 Å². The molecule has 1 aromatic heterocycles. The molecule has 0 bridgehead atoms. The fourth-order valence-corrected chi connectivity index (χ4v) is 1.92. The Morgan fingerprint density at radius 3 is 2.67 bits per heavy atom. The quantitative estimate of drug-likeness (QED) is 0.519. The monoisotopic (exact) mass is 347 g/mol. The third kappa shape index (κ3) is 2.75. The van der Waals surface area contributed by atoms with E-state index >= 15 is 0 Å². The van der Waals surface area contributed by atoms with Crippen molar-refractivity contribution in [3.05, 3.63) is 26.6 Å². The fraction of sp³-hybridized carbons (Fsp3) is 0.250. The molecule has 0 fully saturated rings. The standard InChI is InChI=1S/C8H5ClF2INO2/c9-2-4-3(8(14)15)1-5(12)13-6(4)7(10)11/h1,7H,2H2,(H,14,15). The van der Waals surface area contributed by atoms with Crippen LogP contribution in [0.15, 0.2) is 6.07 Å². The molecule has 82 valence electrons. The van der Waals surface area contributed by atoms with Crippen LogP contribution in [0.4, 0.5) is 8.78 Å². The highest BCUT2D eigenvalue weighted by Gasteiger charge is 2.21. The molecule has 0 saturated heterocycles. The van der Waals surface area contributed by atoms with Crippen LogP contribution in [0.2, 0.25) is 0 Å². The lowest BCUT2D eigenvalue weighted by Crippen LogP contribution is -2.08. The summed E-state index contributed by atoms with van der Waals surface area (Å²) >= 11 is 7.12. The molecule has 0 aliphatic carbocycles. The van der Waals surface area contributed by atoms with E-state index in [2.05, 4.69) is 4.98 Å². The van der Waals surface area contributed by atoms with Crippen LogP contribution in [0.1, 0.15) is 28.0 Å². The van der Waals surface area contributed by atoms with Gasteiger partial charge < -0.3 is 5.11 Å². The smallest absolute Gasteiger partial charge is 0.336 e. The minimum absolute atomic E-state index is 0.125. The zero-order chi connectivity index (χ0) is 11.6. The van der Waals surface area contributed by atoms with Gasteiger partial charge in [0.15, 0.2) is 0 Å². The Kier molecular flexibility index (Phi) is 4.21. The van der Waals surface area contributed by atoms with Gasteiger partial charge in [0.25, 0.3) is 6.43 Å². The van der Waals surface area contributed by atoms with E-state index in [1.54, 1.807) is 22.6 Å². The lowest BCUT2D eigenvalue weighted by Gasteiger charge is -2.09. The molecule has 7 heteroatoms. The van der Waals surface area contributed by atoms with Crippen LogP contribution < -0.4 is 0 Å². The van der Waals surface area contributed by atoms with Gasteiger partial charge in [-0.25, -0.2) is 18.6 Å². The lowest BCUT2D eigenvalue weighted by atomic mass is 10.1. The molecule has 1 heterocycles. The highest BCUT2D eigenvalue weighted by atomic mass is 127. The Morgan fingerprint density at radius 2 is 2.27 bits per heavy atom. The van der Waals surface area contributed by atoms with Gasteiger partial charge in [0.2, 0.25) is 0 Å². The van der Waals surface area contributed by atoms with Gasteiger partial charge in [-0.15, -0.1) is 11.6 Å². The number of hydrogen-bond acceptors (Lipinski definition) is 2. The van der Waals surface area contributed by atoms with E-state index in [1.807, 2.05) is 0 Å². The summed E-state index contributed by atoms with van der Waals surface area (Å²) in [5.74, 6) is -1.58. The Bertz CT molecular complexity index is 400. The molecule has 0 saturated carbocycles. The first kappa shape index (κ1) is 12.6. The van der Waals surface area contributed by atoms with Crippen LogP contribution >= 0.6 is 34.2 Å². The van der Waals surface area contributed by atoms with Crippen molar-refractivity contribution in [1.29, 1.82) is 0 Å². The Labute approximate surface area is 103 Å². The van der Waals surface area contributed by atoms with E-state index in [4.69, 9.17) is 16.7 Å². The van der Waals surface area contributed by atoms with Crippen molar-refractivity contribution in [3.8, 4) is 0 Å². The van der Waals surface area contributed by atoms with Crippen LogP contribution in [0.5, 0.6) is 0 Å². The van der Waals surface area contributed by atoms with Crippen molar-refractivity contribution in [3.63, 3.8) is 0 Å².